The van der Waals surface area contributed by atoms with E-state index in [0.29, 0.717) is 6.54 Å². The lowest BCUT2D eigenvalue weighted by atomic mass is 10.3. The van der Waals surface area contributed by atoms with Gasteiger partial charge in [0, 0.05) is 6.54 Å². The van der Waals surface area contributed by atoms with Gasteiger partial charge in [0.1, 0.15) is 0 Å². The molecule has 0 saturated heterocycles. The van der Waals surface area contributed by atoms with Gasteiger partial charge in [-0.2, -0.15) is 13.2 Å². The standard InChI is InChI=1S/C6H9F3N2/c1-2-11-3-5(10-4-11)6(7,8)9/h4-5H,2-3H2,1H3. The van der Waals surface area contributed by atoms with E-state index in [1.807, 2.05) is 0 Å². The minimum absolute atomic E-state index is 0.0278. The first-order valence-electron chi connectivity index (χ1n) is 3.38. The lowest BCUT2D eigenvalue weighted by Gasteiger charge is -2.15. The fourth-order valence-corrected chi connectivity index (χ4v) is 0.890. The highest BCUT2D eigenvalue weighted by molar-refractivity contribution is 5.57. The predicted octanol–water partition coefficient (Wildman–Crippen LogP) is 1.28. The van der Waals surface area contributed by atoms with Gasteiger partial charge in [-0.25, -0.2) is 0 Å². The van der Waals surface area contributed by atoms with Gasteiger partial charge in [0.25, 0.3) is 0 Å². The Bertz CT molecular complexity index is 164. The normalized spacial score (nSPS) is 24.7. The van der Waals surface area contributed by atoms with Crippen molar-refractivity contribution in [3.63, 3.8) is 0 Å². The smallest absolute Gasteiger partial charge is 0.361 e. The van der Waals surface area contributed by atoms with Gasteiger partial charge in [-0.1, -0.05) is 0 Å². The van der Waals surface area contributed by atoms with Gasteiger partial charge >= 0.3 is 6.18 Å². The molecule has 0 spiro atoms. The van der Waals surface area contributed by atoms with Crippen molar-refractivity contribution in [2.45, 2.75) is 19.1 Å². The largest absolute Gasteiger partial charge is 0.412 e. The third kappa shape index (κ3) is 1.85. The van der Waals surface area contributed by atoms with Crippen LogP contribution in [0.1, 0.15) is 6.92 Å². The second-order valence-electron chi connectivity index (χ2n) is 2.41. The fraction of sp³-hybridized carbons (Fsp3) is 0.833. The monoisotopic (exact) mass is 166 g/mol. The van der Waals surface area contributed by atoms with Crippen LogP contribution in [0.4, 0.5) is 13.2 Å². The first kappa shape index (κ1) is 8.36. The Labute approximate surface area is 62.7 Å². The molecule has 0 saturated carbocycles. The topological polar surface area (TPSA) is 15.6 Å². The molecule has 0 aliphatic carbocycles. The van der Waals surface area contributed by atoms with Gasteiger partial charge in [-0.3, -0.25) is 4.99 Å². The molecule has 11 heavy (non-hydrogen) atoms. The van der Waals surface area contributed by atoms with Gasteiger partial charge in [0.15, 0.2) is 6.04 Å². The molecular weight excluding hydrogens is 157 g/mol. The van der Waals surface area contributed by atoms with Crippen molar-refractivity contribution < 1.29 is 13.2 Å². The summed E-state index contributed by atoms with van der Waals surface area (Å²) < 4.78 is 35.8. The van der Waals surface area contributed by atoms with Gasteiger partial charge in [0.05, 0.1) is 12.9 Å². The van der Waals surface area contributed by atoms with Gasteiger partial charge in [0.2, 0.25) is 0 Å². The molecule has 0 N–H and O–H groups in total. The number of hydrogen-bond donors (Lipinski definition) is 0. The van der Waals surface area contributed by atoms with Gasteiger partial charge < -0.3 is 4.90 Å². The number of halogens is 3. The van der Waals surface area contributed by atoms with Crippen molar-refractivity contribution >= 4 is 6.34 Å². The summed E-state index contributed by atoms with van der Waals surface area (Å²) in [5, 5.41) is 0. The molecule has 1 aliphatic rings. The van der Waals surface area contributed by atoms with Crippen LogP contribution in [0, 0.1) is 0 Å². The highest BCUT2D eigenvalue weighted by Crippen LogP contribution is 2.25. The summed E-state index contributed by atoms with van der Waals surface area (Å²) in [7, 11) is 0. The Kier molecular flexibility index (Phi) is 2.06. The first-order valence-corrected chi connectivity index (χ1v) is 3.38. The van der Waals surface area contributed by atoms with E-state index >= 15 is 0 Å². The van der Waals surface area contributed by atoms with E-state index in [4.69, 9.17) is 0 Å². The maximum absolute atomic E-state index is 11.9. The molecule has 1 rings (SSSR count). The van der Waals surface area contributed by atoms with E-state index in [1.54, 1.807) is 6.92 Å². The zero-order valence-corrected chi connectivity index (χ0v) is 6.10. The second-order valence-corrected chi connectivity index (χ2v) is 2.41. The zero-order chi connectivity index (χ0) is 8.48. The van der Waals surface area contributed by atoms with E-state index in [-0.39, 0.29) is 6.54 Å². The number of aliphatic imine (C=N–C) groups is 1. The van der Waals surface area contributed by atoms with Crippen LogP contribution >= 0.6 is 0 Å². The highest BCUT2D eigenvalue weighted by atomic mass is 19.4. The molecule has 0 aromatic rings. The molecule has 1 atom stereocenters. The molecule has 1 unspecified atom stereocenters. The molecule has 1 aliphatic heterocycles. The molecule has 64 valence electrons. The van der Waals surface area contributed by atoms with Crippen LogP contribution in [0.2, 0.25) is 0 Å². The molecular formula is C6H9F3N2. The summed E-state index contributed by atoms with van der Waals surface area (Å²) >= 11 is 0. The lowest BCUT2D eigenvalue weighted by molar-refractivity contribution is -0.145. The quantitative estimate of drug-likeness (QED) is 0.573. The van der Waals surface area contributed by atoms with E-state index in [1.165, 1.54) is 11.2 Å². The molecule has 1 heterocycles. The Morgan fingerprint density at radius 2 is 2.27 bits per heavy atom. The van der Waals surface area contributed by atoms with Crippen molar-refractivity contribution in [2.24, 2.45) is 4.99 Å². The maximum atomic E-state index is 11.9. The highest BCUT2D eigenvalue weighted by Gasteiger charge is 2.42. The van der Waals surface area contributed by atoms with Crippen LogP contribution in [-0.4, -0.2) is 36.5 Å². The summed E-state index contributed by atoms with van der Waals surface area (Å²) in [5.74, 6) is 0. The number of likely N-dealkylation sites (N-methyl/N-ethyl adjacent to an activating group) is 1. The van der Waals surface area contributed by atoms with Crippen molar-refractivity contribution in [3.05, 3.63) is 0 Å². The summed E-state index contributed by atoms with van der Waals surface area (Å²) in [6.07, 6.45) is -2.92. The molecule has 0 amide bonds. The Hall–Kier alpha value is -0.740. The molecule has 0 fully saturated rings. The zero-order valence-electron chi connectivity index (χ0n) is 6.10. The molecule has 0 aromatic heterocycles. The van der Waals surface area contributed by atoms with Crippen molar-refractivity contribution in [1.82, 2.24) is 4.90 Å². The Morgan fingerprint density at radius 1 is 1.64 bits per heavy atom. The summed E-state index contributed by atoms with van der Waals surface area (Å²) in [6, 6.07) is -1.51. The van der Waals surface area contributed by atoms with Crippen molar-refractivity contribution in [2.75, 3.05) is 13.1 Å². The van der Waals surface area contributed by atoms with Crippen LogP contribution in [0.25, 0.3) is 0 Å². The molecule has 5 heteroatoms. The van der Waals surface area contributed by atoms with Gasteiger partial charge in [-0.05, 0) is 6.92 Å². The minimum Gasteiger partial charge on any atom is -0.361 e. The lowest BCUT2D eigenvalue weighted by Crippen LogP contribution is -2.33. The van der Waals surface area contributed by atoms with Crippen LogP contribution in [0.3, 0.4) is 0 Å². The first-order chi connectivity index (χ1) is 5.04. The van der Waals surface area contributed by atoms with E-state index in [0.717, 1.165) is 0 Å². The minimum atomic E-state index is -4.18. The number of alkyl halides is 3. The maximum Gasteiger partial charge on any atom is 0.412 e. The third-order valence-electron chi connectivity index (χ3n) is 1.60. The molecule has 0 aromatic carbocycles. The van der Waals surface area contributed by atoms with Crippen LogP contribution in [0.15, 0.2) is 4.99 Å². The van der Waals surface area contributed by atoms with Crippen LogP contribution in [0.5, 0.6) is 0 Å². The van der Waals surface area contributed by atoms with Crippen LogP contribution < -0.4 is 0 Å². The average Bonchev–Trinajstić information content (AvgIpc) is 2.32. The number of hydrogen-bond acceptors (Lipinski definition) is 2. The summed E-state index contributed by atoms with van der Waals surface area (Å²) in [4.78, 5) is 4.87. The third-order valence-corrected chi connectivity index (χ3v) is 1.60. The molecule has 0 radical (unpaired) electrons. The number of nitrogens with zero attached hydrogens (tertiary/aromatic N) is 2. The Balaban J connectivity index is 2.50. The van der Waals surface area contributed by atoms with Gasteiger partial charge in [-0.15, -0.1) is 0 Å². The Morgan fingerprint density at radius 3 is 2.55 bits per heavy atom. The fourth-order valence-electron chi connectivity index (χ4n) is 0.890. The predicted molar refractivity (Wildman–Crippen MR) is 35.6 cm³/mol. The van der Waals surface area contributed by atoms with Crippen molar-refractivity contribution in [1.29, 1.82) is 0 Å². The van der Waals surface area contributed by atoms with E-state index in [9.17, 15) is 13.2 Å². The second kappa shape index (κ2) is 2.71. The SMILES string of the molecule is CCN1C=NC(C(F)(F)F)C1. The summed E-state index contributed by atoms with van der Waals surface area (Å²) in [5.41, 5.74) is 0. The van der Waals surface area contributed by atoms with E-state index in [2.05, 4.69) is 4.99 Å². The summed E-state index contributed by atoms with van der Waals surface area (Å²) in [6.45, 7) is 2.35. The van der Waals surface area contributed by atoms with Crippen molar-refractivity contribution in [3.8, 4) is 0 Å². The van der Waals surface area contributed by atoms with Crippen LogP contribution in [-0.2, 0) is 0 Å². The molecule has 0 bridgehead atoms. The molecule has 2 nitrogen and oxygen atoms in total. The number of rotatable bonds is 1. The average molecular weight is 166 g/mol. The van der Waals surface area contributed by atoms with E-state index < -0.39 is 12.2 Å².